The number of carbonyl (C=O) groups is 1. The quantitative estimate of drug-likeness (QED) is 0.793. The van der Waals surface area contributed by atoms with Crippen LogP contribution < -0.4 is 10.5 Å². The molecule has 2 rings (SSSR count). The summed E-state index contributed by atoms with van der Waals surface area (Å²) < 4.78 is 23.5. The van der Waals surface area contributed by atoms with E-state index in [0.29, 0.717) is 11.3 Å². The van der Waals surface area contributed by atoms with Crippen LogP contribution in [-0.2, 0) is 10.2 Å². The Kier molecular flexibility index (Phi) is 4.42. The van der Waals surface area contributed by atoms with E-state index in [9.17, 15) is 13.2 Å². The van der Waals surface area contributed by atoms with Crippen molar-refractivity contribution in [2.45, 2.75) is 0 Å². The van der Waals surface area contributed by atoms with Crippen LogP contribution in [0.1, 0.15) is 5.56 Å². The second-order valence-electron chi connectivity index (χ2n) is 4.55. The lowest BCUT2D eigenvalue weighted by Crippen LogP contribution is -2.53. The molecule has 8 nitrogen and oxygen atoms in total. The topological polar surface area (TPSA) is 120 Å². The second kappa shape index (κ2) is 6.09. The summed E-state index contributed by atoms with van der Waals surface area (Å²) in [7, 11) is -3.70. The Hall–Kier alpha value is -2.15. The van der Waals surface area contributed by atoms with Gasteiger partial charge in [0.2, 0.25) is 0 Å². The van der Waals surface area contributed by atoms with E-state index < -0.39 is 10.2 Å². The Morgan fingerprint density at radius 1 is 1.29 bits per heavy atom. The molecule has 0 radical (unpaired) electrons. The minimum absolute atomic E-state index is 0.171. The van der Waals surface area contributed by atoms with Gasteiger partial charge >= 0.3 is 6.03 Å². The fraction of sp³-hybridized carbons (Fsp3) is 0.333. The molecular weight excluding hydrogens is 294 g/mol. The number of benzene rings is 1. The van der Waals surface area contributed by atoms with E-state index in [0.717, 1.165) is 4.31 Å². The molecule has 0 saturated carbocycles. The fourth-order valence-corrected chi connectivity index (χ4v) is 2.69. The number of nitrogens with zero attached hydrogens (tertiary/aromatic N) is 3. The van der Waals surface area contributed by atoms with Crippen molar-refractivity contribution < 1.29 is 13.2 Å². The molecule has 1 aromatic carbocycles. The maximum atomic E-state index is 12.1. The molecule has 3 N–H and O–H groups in total. The molecule has 1 aromatic rings. The predicted molar refractivity (Wildman–Crippen MR) is 76.4 cm³/mol. The summed E-state index contributed by atoms with van der Waals surface area (Å²) in [5, 5.41) is 16.5. The van der Waals surface area contributed by atoms with E-state index in [1.807, 2.05) is 6.07 Å². The molecule has 0 aliphatic carbocycles. The number of urea groups is 1. The second-order valence-corrected chi connectivity index (χ2v) is 6.10. The van der Waals surface area contributed by atoms with E-state index in [-0.39, 0.29) is 32.2 Å². The first kappa shape index (κ1) is 15.2. The average molecular weight is 309 g/mol. The van der Waals surface area contributed by atoms with E-state index in [4.69, 9.17) is 10.4 Å². The van der Waals surface area contributed by atoms with Crippen LogP contribution in [0, 0.1) is 11.3 Å². The first-order valence-corrected chi connectivity index (χ1v) is 7.74. The van der Waals surface area contributed by atoms with Gasteiger partial charge in [-0.1, -0.05) is 6.07 Å². The molecule has 1 aliphatic heterocycles. The van der Waals surface area contributed by atoms with Crippen molar-refractivity contribution in [1.82, 2.24) is 9.21 Å². The number of nitrogens with one attached hydrogen (secondary N) is 1. The van der Waals surface area contributed by atoms with Crippen molar-refractivity contribution in [1.29, 1.82) is 5.26 Å². The van der Waals surface area contributed by atoms with Crippen molar-refractivity contribution in [3.8, 4) is 6.07 Å². The summed E-state index contributed by atoms with van der Waals surface area (Å²) in [5.74, 6) is 0. The summed E-state index contributed by atoms with van der Waals surface area (Å²) in [6, 6.07) is 8.22. The monoisotopic (exact) mass is 309 g/mol. The van der Waals surface area contributed by atoms with Gasteiger partial charge in [-0.3, -0.25) is 0 Å². The number of hydrogen-bond acceptors (Lipinski definition) is 4. The van der Waals surface area contributed by atoms with E-state index in [1.54, 1.807) is 24.3 Å². The highest BCUT2D eigenvalue weighted by Gasteiger charge is 2.26. The lowest BCUT2D eigenvalue weighted by molar-refractivity contribution is 0.184. The van der Waals surface area contributed by atoms with Crippen molar-refractivity contribution in [2.75, 3.05) is 31.5 Å². The van der Waals surface area contributed by atoms with Crippen LogP contribution in [0.15, 0.2) is 24.3 Å². The maximum Gasteiger partial charge on any atom is 0.321 e. The molecule has 1 saturated heterocycles. The zero-order valence-corrected chi connectivity index (χ0v) is 12.0. The molecule has 0 atom stereocenters. The SMILES string of the molecule is N#Cc1cccc(NC(=O)N2CCN(S(N)(=O)=O)CC2)c1. The van der Waals surface area contributed by atoms with Gasteiger partial charge in [-0.05, 0) is 18.2 Å². The lowest BCUT2D eigenvalue weighted by atomic mass is 10.2. The van der Waals surface area contributed by atoms with Gasteiger partial charge in [0.1, 0.15) is 0 Å². The van der Waals surface area contributed by atoms with E-state index in [1.165, 1.54) is 4.90 Å². The lowest BCUT2D eigenvalue weighted by Gasteiger charge is -2.32. The molecule has 21 heavy (non-hydrogen) atoms. The summed E-state index contributed by atoms with van der Waals surface area (Å²) in [5.41, 5.74) is 0.972. The van der Waals surface area contributed by atoms with Crippen LogP contribution in [0.5, 0.6) is 0 Å². The van der Waals surface area contributed by atoms with Gasteiger partial charge in [-0.2, -0.15) is 18.0 Å². The molecule has 0 bridgehead atoms. The molecule has 112 valence electrons. The Bertz CT molecular complexity index is 674. The van der Waals surface area contributed by atoms with Gasteiger partial charge in [0.25, 0.3) is 10.2 Å². The number of piperazine rings is 1. The van der Waals surface area contributed by atoms with Crippen LogP contribution in [0.25, 0.3) is 0 Å². The zero-order chi connectivity index (χ0) is 15.5. The third-order valence-corrected chi connectivity index (χ3v) is 4.21. The third kappa shape index (κ3) is 3.91. The minimum atomic E-state index is -3.70. The normalized spacial score (nSPS) is 16.3. The van der Waals surface area contributed by atoms with Gasteiger partial charge < -0.3 is 10.2 Å². The molecule has 9 heteroatoms. The highest BCUT2D eigenvalue weighted by atomic mass is 32.2. The molecule has 1 fully saturated rings. The molecule has 0 aromatic heterocycles. The molecule has 1 aliphatic rings. The predicted octanol–water partition coefficient (Wildman–Crippen LogP) is -0.0887. The Labute approximate surface area is 122 Å². The first-order valence-electron chi connectivity index (χ1n) is 6.24. The van der Waals surface area contributed by atoms with Gasteiger partial charge in [0, 0.05) is 31.9 Å². The smallest absolute Gasteiger partial charge is 0.321 e. The van der Waals surface area contributed by atoms with Crippen LogP contribution in [-0.4, -0.2) is 49.8 Å². The highest BCUT2D eigenvalue weighted by molar-refractivity contribution is 7.86. The van der Waals surface area contributed by atoms with E-state index in [2.05, 4.69) is 5.32 Å². The number of carbonyl (C=O) groups excluding carboxylic acids is 1. The van der Waals surface area contributed by atoms with Crippen LogP contribution in [0.4, 0.5) is 10.5 Å². The first-order chi connectivity index (χ1) is 9.90. The zero-order valence-electron chi connectivity index (χ0n) is 11.2. The number of hydrogen-bond donors (Lipinski definition) is 2. The van der Waals surface area contributed by atoms with Crippen molar-refractivity contribution in [2.24, 2.45) is 5.14 Å². The standard InChI is InChI=1S/C12H15N5O3S/c13-9-10-2-1-3-11(8-10)15-12(18)16-4-6-17(7-5-16)21(14,19)20/h1-3,8H,4-7H2,(H,15,18)(H2,14,19,20). The largest absolute Gasteiger partial charge is 0.322 e. The van der Waals surface area contributed by atoms with Gasteiger partial charge in [-0.15, -0.1) is 0 Å². The summed E-state index contributed by atoms with van der Waals surface area (Å²) in [6.45, 7) is 0.870. The molecule has 1 heterocycles. The number of rotatable bonds is 2. The summed E-state index contributed by atoms with van der Waals surface area (Å²) >= 11 is 0. The van der Waals surface area contributed by atoms with Crippen LogP contribution in [0.2, 0.25) is 0 Å². The number of nitrogens with two attached hydrogens (primary N) is 1. The molecular formula is C12H15N5O3S. The van der Waals surface area contributed by atoms with Crippen molar-refractivity contribution in [3.63, 3.8) is 0 Å². The Balaban J connectivity index is 1.95. The van der Waals surface area contributed by atoms with Gasteiger partial charge in [0.15, 0.2) is 0 Å². The molecule has 0 spiro atoms. The molecule has 2 amide bonds. The van der Waals surface area contributed by atoms with Crippen molar-refractivity contribution >= 4 is 21.9 Å². The third-order valence-electron chi connectivity index (χ3n) is 3.13. The molecule has 0 unspecified atom stereocenters. The Morgan fingerprint density at radius 2 is 1.95 bits per heavy atom. The van der Waals surface area contributed by atoms with Crippen molar-refractivity contribution in [3.05, 3.63) is 29.8 Å². The van der Waals surface area contributed by atoms with Crippen LogP contribution >= 0.6 is 0 Å². The number of amides is 2. The fourth-order valence-electron chi connectivity index (χ4n) is 2.01. The van der Waals surface area contributed by atoms with E-state index >= 15 is 0 Å². The number of nitriles is 1. The Morgan fingerprint density at radius 3 is 2.52 bits per heavy atom. The van der Waals surface area contributed by atoms with Gasteiger partial charge in [0.05, 0.1) is 11.6 Å². The summed E-state index contributed by atoms with van der Waals surface area (Å²) in [6.07, 6.45) is 0. The maximum absolute atomic E-state index is 12.1. The number of anilines is 1. The minimum Gasteiger partial charge on any atom is -0.322 e. The highest BCUT2D eigenvalue weighted by Crippen LogP contribution is 2.12. The average Bonchev–Trinajstić information content (AvgIpc) is 2.46. The summed E-state index contributed by atoms with van der Waals surface area (Å²) in [4.78, 5) is 13.6. The van der Waals surface area contributed by atoms with Crippen LogP contribution in [0.3, 0.4) is 0 Å². The van der Waals surface area contributed by atoms with Gasteiger partial charge in [-0.25, -0.2) is 9.93 Å².